The maximum atomic E-state index is 6.20. The van der Waals surface area contributed by atoms with E-state index in [1.165, 1.54) is 51.9 Å². The lowest BCUT2D eigenvalue weighted by Crippen LogP contribution is -2.63. The highest BCUT2D eigenvalue weighted by Gasteiger charge is 2.42. The molecule has 0 aromatic heterocycles. The molecule has 0 aromatic rings. The normalized spacial score (nSPS) is 34.7. The standard InChI is InChI=1S/C15H31N3/c1-4-17-10-7-15(12-16,8-11-17)18-9-5-6-13(2)14(18)3/h13-14H,4-12,16H2,1-3H3. The molecule has 0 bridgehead atoms. The van der Waals surface area contributed by atoms with Gasteiger partial charge >= 0.3 is 0 Å². The first-order valence-electron chi connectivity index (χ1n) is 7.82. The van der Waals surface area contributed by atoms with E-state index in [2.05, 4.69) is 30.6 Å². The number of rotatable bonds is 3. The van der Waals surface area contributed by atoms with E-state index in [0.29, 0.717) is 11.6 Å². The molecule has 0 radical (unpaired) electrons. The van der Waals surface area contributed by atoms with Crippen molar-refractivity contribution in [3.8, 4) is 0 Å². The number of nitrogens with zero attached hydrogens (tertiary/aromatic N) is 2. The molecule has 3 heteroatoms. The smallest absolute Gasteiger partial charge is 0.0358 e. The van der Waals surface area contributed by atoms with Crippen molar-refractivity contribution in [1.82, 2.24) is 9.80 Å². The monoisotopic (exact) mass is 253 g/mol. The van der Waals surface area contributed by atoms with Crippen molar-refractivity contribution >= 4 is 0 Å². The maximum Gasteiger partial charge on any atom is 0.0358 e. The molecule has 0 aromatic carbocycles. The molecule has 0 amide bonds. The van der Waals surface area contributed by atoms with Gasteiger partial charge < -0.3 is 10.6 Å². The van der Waals surface area contributed by atoms with Crippen molar-refractivity contribution in [2.24, 2.45) is 11.7 Å². The molecule has 2 fully saturated rings. The number of likely N-dealkylation sites (tertiary alicyclic amines) is 2. The van der Waals surface area contributed by atoms with Crippen molar-refractivity contribution in [3.05, 3.63) is 0 Å². The highest BCUT2D eigenvalue weighted by molar-refractivity contribution is 5.00. The van der Waals surface area contributed by atoms with E-state index in [1.807, 2.05) is 0 Å². The van der Waals surface area contributed by atoms with Gasteiger partial charge in [-0.25, -0.2) is 0 Å². The van der Waals surface area contributed by atoms with Gasteiger partial charge in [-0.3, -0.25) is 4.90 Å². The average Bonchev–Trinajstić information content (AvgIpc) is 2.42. The van der Waals surface area contributed by atoms with E-state index < -0.39 is 0 Å². The summed E-state index contributed by atoms with van der Waals surface area (Å²) in [6.07, 6.45) is 5.26. The predicted octanol–water partition coefficient (Wildman–Crippen LogP) is 1.92. The van der Waals surface area contributed by atoms with Gasteiger partial charge in [-0.2, -0.15) is 0 Å². The van der Waals surface area contributed by atoms with Gasteiger partial charge in [-0.1, -0.05) is 13.8 Å². The zero-order chi connectivity index (χ0) is 13.2. The lowest BCUT2D eigenvalue weighted by atomic mass is 9.80. The van der Waals surface area contributed by atoms with E-state index in [1.54, 1.807) is 0 Å². The van der Waals surface area contributed by atoms with Crippen LogP contribution in [0.5, 0.6) is 0 Å². The van der Waals surface area contributed by atoms with Crippen molar-refractivity contribution in [2.75, 3.05) is 32.7 Å². The zero-order valence-corrected chi connectivity index (χ0v) is 12.5. The summed E-state index contributed by atoms with van der Waals surface area (Å²) in [5.41, 5.74) is 6.49. The minimum absolute atomic E-state index is 0.291. The summed E-state index contributed by atoms with van der Waals surface area (Å²) < 4.78 is 0. The van der Waals surface area contributed by atoms with E-state index in [-0.39, 0.29) is 0 Å². The minimum Gasteiger partial charge on any atom is -0.329 e. The Morgan fingerprint density at radius 3 is 2.39 bits per heavy atom. The van der Waals surface area contributed by atoms with Crippen LogP contribution in [0, 0.1) is 5.92 Å². The second kappa shape index (κ2) is 5.89. The van der Waals surface area contributed by atoms with Crippen LogP contribution in [0.15, 0.2) is 0 Å². The van der Waals surface area contributed by atoms with Crippen LogP contribution >= 0.6 is 0 Å². The Balaban J connectivity index is 2.07. The first kappa shape index (κ1) is 14.3. The van der Waals surface area contributed by atoms with Crippen LogP contribution in [0.2, 0.25) is 0 Å². The molecule has 2 atom stereocenters. The van der Waals surface area contributed by atoms with Gasteiger partial charge in [-0.15, -0.1) is 0 Å². The molecule has 0 spiro atoms. The van der Waals surface area contributed by atoms with E-state index in [0.717, 1.165) is 12.5 Å². The van der Waals surface area contributed by atoms with E-state index in [4.69, 9.17) is 5.73 Å². The molecule has 18 heavy (non-hydrogen) atoms. The van der Waals surface area contributed by atoms with Crippen LogP contribution in [-0.2, 0) is 0 Å². The molecule has 3 nitrogen and oxygen atoms in total. The highest BCUT2D eigenvalue weighted by atomic mass is 15.3. The predicted molar refractivity (Wildman–Crippen MR) is 77.7 cm³/mol. The van der Waals surface area contributed by atoms with E-state index >= 15 is 0 Å². The second-order valence-electron chi connectivity index (χ2n) is 6.42. The Bertz CT molecular complexity index is 258. The fourth-order valence-electron chi connectivity index (χ4n) is 3.90. The quantitative estimate of drug-likeness (QED) is 0.834. The summed E-state index contributed by atoms with van der Waals surface area (Å²) in [6.45, 7) is 12.8. The Labute approximate surface area is 113 Å². The van der Waals surface area contributed by atoms with Gasteiger partial charge in [-0.05, 0) is 64.7 Å². The highest BCUT2D eigenvalue weighted by Crippen LogP contribution is 2.35. The van der Waals surface area contributed by atoms with Gasteiger partial charge in [0, 0.05) is 18.1 Å². The molecule has 2 aliphatic rings. The first-order valence-corrected chi connectivity index (χ1v) is 7.82. The maximum absolute atomic E-state index is 6.20. The van der Waals surface area contributed by atoms with Crippen molar-refractivity contribution in [2.45, 2.75) is 58.0 Å². The third-order valence-electron chi connectivity index (χ3n) is 5.60. The molecular formula is C15H31N3. The molecular weight excluding hydrogens is 222 g/mol. The third-order valence-corrected chi connectivity index (χ3v) is 5.60. The Kier molecular flexibility index (Phi) is 4.68. The van der Waals surface area contributed by atoms with Crippen LogP contribution in [-0.4, -0.2) is 54.1 Å². The summed E-state index contributed by atoms with van der Waals surface area (Å²) in [5.74, 6) is 0.825. The third kappa shape index (κ3) is 2.59. The van der Waals surface area contributed by atoms with Crippen LogP contribution in [0.3, 0.4) is 0 Å². The van der Waals surface area contributed by atoms with Crippen LogP contribution in [0.4, 0.5) is 0 Å². The molecule has 2 aliphatic heterocycles. The summed E-state index contributed by atoms with van der Waals surface area (Å²) >= 11 is 0. The van der Waals surface area contributed by atoms with Crippen LogP contribution in [0.25, 0.3) is 0 Å². The van der Waals surface area contributed by atoms with Crippen molar-refractivity contribution in [3.63, 3.8) is 0 Å². The topological polar surface area (TPSA) is 32.5 Å². The largest absolute Gasteiger partial charge is 0.329 e. The van der Waals surface area contributed by atoms with E-state index in [9.17, 15) is 0 Å². The molecule has 0 aliphatic carbocycles. The number of nitrogens with two attached hydrogens (primary N) is 1. The summed E-state index contributed by atoms with van der Waals surface area (Å²) in [6, 6.07) is 0.704. The summed E-state index contributed by atoms with van der Waals surface area (Å²) in [5, 5.41) is 0. The lowest BCUT2D eigenvalue weighted by Gasteiger charge is -2.53. The average molecular weight is 253 g/mol. The van der Waals surface area contributed by atoms with Crippen LogP contribution < -0.4 is 5.73 Å². The molecule has 2 rings (SSSR count). The second-order valence-corrected chi connectivity index (χ2v) is 6.42. The fourth-order valence-corrected chi connectivity index (χ4v) is 3.90. The molecule has 2 unspecified atom stereocenters. The summed E-state index contributed by atoms with van der Waals surface area (Å²) in [4.78, 5) is 5.32. The molecule has 106 valence electrons. The fraction of sp³-hybridized carbons (Fsp3) is 1.00. The minimum atomic E-state index is 0.291. The van der Waals surface area contributed by atoms with Gasteiger partial charge in [0.25, 0.3) is 0 Å². The van der Waals surface area contributed by atoms with Crippen molar-refractivity contribution < 1.29 is 0 Å². The van der Waals surface area contributed by atoms with Gasteiger partial charge in [0.1, 0.15) is 0 Å². The zero-order valence-electron chi connectivity index (χ0n) is 12.5. The number of piperidine rings is 2. The van der Waals surface area contributed by atoms with Crippen LogP contribution in [0.1, 0.15) is 46.5 Å². The molecule has 2 N–H and O–H groups in total. The number of hydrogen-bond acceptors (Lipinski definition) is 3. The molecule has 2 saturated heterocycles. The molecule has 2 heterocycles. The summed E-state index contributed by atoms with van der Waals surface area (Å²) in [7, 11) is 0. The lowest BCUT2D eigenvalue weighted by molar-refractivity contribution is -0.0316. The Morgan fingerprint density at radius 2 is 1.83 bits per heavy atom. The molecule has 0 saturated carbocycles. The number of hydrogen-bond donors (Lipinski definition) is 1. The van der Waals surface area contributed by atoms with Gasteiger partial charge in [0.05, 0.1) is 0 Å². The first-order chi connectivity index (χ1) is 8.63. The Hall–Kier alpha value is -0.120. The van der Waals surface area contributed by atoms with Gasteiger partial charge in [0.15, 0.2) is 0 Å². The SMILES string of the molecule is CCN1CCC(CN)(N2CCCC(C)C2C)CC1. The van der Waals surface area contributed by atoms with Crippen molar-refractivity contribution in [1.29, 1.82) is 0 Å². The Morgan fingerprint density at radius 1 is 1.17 bits per heavy atom. The van der Waals surface area contributed by atoms with Gasteiger partial charge in [0.2, 0.25) is 0 Å².